The highest BCUT2D eigenvalue weighted by atomic mass is 16.5. The molecule has 0 unspecified atom stereocenters. The number of piperidine rings is 1. The van der Waals surface area contributed by atoms with Crippen molar-refractivity contribution >= 4 is 28.6 Å². The number of carbonyl (C=O) groups is 2. The SMILES string of the molecule is COC(=O)c1cnc2[nH]ccc2c1N[C@@H]1CC[C@H](C)N(C(=O)CC#N)C1. The maximum Gasteiger partial charge on any atom is 0.341 e. The third-order valence-corrected chi connectivity index (χ3v) is 4.77. The number of esters is 1. The number of methoxy groups -OCH3 is 1. The molecule has 2 aromatic heterocycles. The number of hydrogen-bond donors (Lipinski definition) is 2. The number of nitriles is 1. The predicted molar refractivity (Wildman–Crippen MR) is 95.5 cm³/mol. The molecule has 2 N–H and O–H groups in total. The zero-order valence-electron chi connectivity index (χ0n) is 14.8. The molecule has 2 atom stereocenters. The summed E-state index contributed by atoms with van der Waals surface area (Å²) in [5.41, 5.74) is 1.67. The summed E-state index contributed by atoms with van der Waals surface area (Å²) in [5.74, 6) is -0.633. The highest BCUT2D eigenvalue weighted by Gasteiger charge is 2.30. The van der Waals surface area contributed by atoms with E-state index in [1.54, 1.807) is 11.1 Å². The van der Waals surface area contributed by atoms with Crippen LogP contribution in [0.5, 0.6) is 0 Å². The van der Waals surface area contributed by atoms with E-state index in [9.17, 15) is 9.59 Å². The smallest absolute Gasteiger partial charge is 0.341 e. The fraction of sp³-hybridized carbons (Fsp3) is 0.444. The number of aromatic nitrogens is 2. The third-order valence-electron chi connectivity index (χ3n) is 4.77. The predicted octanol–water partition coefficient (Wildman–Crippen LogP) is 2.05. The molecule has 1 aliphatic rings. The standard InChI is InChI=1S/C18H21N5O3/c1-11-3-4-12(10-23(11)15(24)5-7-19)22-16-13-6-8-20-17(13)21-9-14(16)18(25)26-2/h6,8-9,11-12H,3-5,10H2,1-2H3,(H2,20,21,22)/t11-,12+/m0/s1. The highest BCUT2D eigenvalue weighted by Crippen LogP contribution is 2.29. The quantitative estimate of drug-likeness (QED) is 0.812. The Hall–Kier alpha value is -3.08. The molecule has 0 bridgehead atoms. The molecule has 0 aromatic carbocycles. The number of rotatable bonds is 4. The fourth-order valence-corrected chi connectivity index (χ4v) is 3.37. The minimum atomic E-state index is -0.468. The summed E-state index contributed by atoms with van der Waals surface area (Å²) in [7, 11) is 1.33. The van der Waals surface area contributed by atoms with Gasteiger partial charge in [0.1, 0.15) is 17.6 Å². The molecule has 136 valence electrons. The van der Waals surface area contributed by atoms with Gasteiger partial charge in [0, 0.05) is 36.4 Å². The molecule has 8 nitrogen and oxygen atoms in total. The minimum absolute atomic E-state index is 0.0299. The van der Waals surface area contributed by atoms with Crippen LogP contribution < -0.4 is 5.32 Å². The number of H-pyrrole nitrogens is 1. The van der Waals surface area contributed by atoms with Crippen molar-refractivity contribution in [3.8, 4) is 6.07 Å². The number of ether oxygens (including phenoxy) is 1. The lowest BCUT2D eigenvalue weighted by Crippen LogP contribution is -2.49. The molecule has 1 aliphatic heterocycles. The van der Waals surface area contributed by atoms with E-state index in [4.69, 9.17) is 10.00 Å². The first-order valence-electron chi connectivity index (χ1n) is 8.52. The largest absolute Gasteiger partial charge is 0.465 e. The number of pyridine rings is 1. The van der Waals surface area contributed by atoms with Gasteiger partial charge in [0.2, 0.25) is 5.91 Å². The van der Waals surface area contributed by atoms with Gasteiger partial charge in [-0.05, 0) is 25.8 Å². The van der Waals surface area contributed by atoms with Crippen molar-refractivity contribution in [3.63, 3.8) is 0 Å². The van der Waals surface area contributed by atoms with Gasteiger partial charge in [-0.2, -0.15) is 5.26 Å². The lowest BCUT2D eigenvalue weighted by atomic mass is 9.98. The number of likely N-dealkylation sites (tertiary alicyclic amines) is 1. The molecule has 2 aromatic rings. The third kappa shape index (κ3) is 3.33. The Morgan fingerprint density at radius 1 is 1.50 bits per heavy atom. The van der Waals surface area contributed by atoms with Crippen LogP contribution >= 0.6 is 0 Å². The van der Waals surface area contributed by atoms with E-state index >= 15 is 0 Å². The lowest BCUT2D eigenvalue weighted by molar-refractivity contribution is -0.133. The molecule has 0 saturated carbocycles. The molecular weight excluding hydrogens is 334 g/mol. The van der Waals surface area contributed by atoms with Gasteiger partial charge >= 0.3 is 5.97 Å². The lowest BCUT2D eigenvalue weighted by Gasteiger charge is -2.38. The monoisotopic (exact) mass is 355 g/mol. The number of fused-ring (bicyclic) bond motifs is 1. The fourth-order valence-electron chi connectivity index (χ4n) is 3.37. The number of anilines is 1. The maximum absolute atomic E-state index is 12.2. The molecule has 3 rings (SSSR count). The van der Waals surface area contributed by atoms with Crippen LogP contribution in [0, 0.1) is 11.3 Å². The minimum Gasteiger partial charge on any atom is -0.465 e. The second-order valence-corrected chi connectivity index (χ2v) is 6.43. The van der Waals surface area contributed by atoms with Crippen LogP contribution in [0.2, 0.25) is 0 Å². The number of hydrogen-bond acceptors (Lipinski definition) is 6. The number of nitrogens with zero attached hydrogens (tertiary/aromatic N) is 3. The van der Waals surface area contributed by atoms with Crippen LogP contribution in [-0.4, -0.2) is 52.5 Å². The summed E-state index contributed by atoms with van der Waals surface area (Å²) in [6.45, 7) is 2.47. The zero-order valence-corrected chi connectivity index (χ0v) is 14.8. The van der Waals surface area contributed by atoms with Crippen molar-refractivity contribution in [3.05, 3.63) is 24.0 Å². The molecule has 0 aliphatic carbocycles. The Bertz CT molecular complexity index is 869. The molecule has 3 heterocycles. The van der Waals surface area contributed by atoms with Crippen LogP contribution in [-0.2, 0) is 9.53 Å². The van der Waals surface area contributed by atoms with Crippen LogP contribution in [0.25, 0.3) is 11.0 Å². The summed E-state index contributed by atoms with van der Waals surface area (Å²) in [4.78, 5) is 33.3. The van der Waals surface area contributed by atoms with Crippen molar-refractivity contribution in [1.82, 2.24) is 14.9 Å². The molecular formula is C18H21N5O3. The second kappa shape index (κ2) is 7.44. The molecule has 0 spiro atoms. The number of nitrogens with one attached hydrogen (secondary N) is 2. The molecule has 0 radical (unpaired) electrons. The topological polar surface area (TPSA) is 111 Å². The average molecular weight is 355 g/mol. The van der Waals surface area contributed by atoms with Gasteiger partial charge in [0.15, 0.2) is 0 Å². The van der Waals surface area contributed by atoms with E-state index in [1.165, 1.54) is 13.3 Å². The second-order valence-electron chi connectivity index (χ2n) is 6.43. The van der Waals surface area contributed by atoms with E-state index in [0.717, 1.165) is 18.2 Å². The van der Waals surface area contributed by atoms with Crippen molar-refractivity contribution in [1.29, 1.82) is 5.26 Å². The number of carbonyl (C=O) groups excluding carboxylic acids is 2. The van der Waals surface area contributed by atoms with Crippen LogP contribution in [0.1, 0.15) is 36.5 Å². The van der Waals surface area contributed by atoms with Gasteiger partial charge in [-0.25, -0.2) is 9.78 Å². The van der Waals surface area contributed by atoms with Crippen LogP contribution in [0.3, 0.4) is 0 Å². The maximum atomic E-state index is 12.2. The van der Waals surface area contributed by atoms with E-state index in [2.05, 4.69) is 15.3 Å². The molecule has 8 heteroatoms. The number of aromatic amines is 1. The average Bonchev–Trinajstić information content (AvgIpc) is 3.12. The zero-order chi connectivity index (χ0) is 18.7. The van der Waals surface area contributed by atoms with Crippen molar-refractivity contribution in [2.45, 2.75) is 38.3 Å². The van der Waals surface area contributed by atoms with Gasteiger partial charge in [-0.3, -0.25) is 4.79 Å². The Kier molecular flexibility index (Phi) is 5.07. The van der Waals surface area contributed by atoms with Crippen LogP contribution in [0.4, 0.5) is 5.69 Å². The summed E-state index contributed by atoms with van der Waals surface area (Å²) < 4.78 is 4.87. The van der Waals surface area contributed by atoms with Crippen molar-refractivity contribution in [2.24, 2.45) is 0 Å². The van der Waals surface area contributed by atoms with E-state index < -0.39 is 5.97 Å². The van der Waals surface area contributed by atoms with Gasteiger partial charge in [0.05, 0.1) is 18.9 Å². The summed E-state index contributed by atoms with van der Waals surface area (Å²) in [6, 6.07) is 3.83. The Labute approximate surface area is 151 Å². The van der Waals surface area contributed by atoms with Crippen molar-refractivity contribution < 1.29 is 14.3 Å². The molecule has 1 saturated heterocycles. The van der Waals surface area contributed by atoms with Crippen LogP contribution in [0.15, 0.2) is 18.5 Å². The van der Waals surface area contributed by atoms with Crippen molar-refractivity contribution in [2.75, 3.05) is 19.0 Å². The van der Waals surface area contributed by atoms with E-state index in [1.807, 2.05) is 19.1 Å². The Morgan fingerprint density at radius 3 is 3.04 bits per heavy atom. The summed E-state index contributed by atoms with van der Waals surface area (Å²) in [6.07, 6.45) is 4.80. The van der Waals surface area contributed by atoms with Gasteiger partial charge < -0.3 is 19.9 Å². The highest BCUT2D eigenvalue weighted by molar-refractivity contribution is 6.04. The first-order chi connectivity index (χ1) is 12.5. The Morgan fingerprint density at radius 2 is 2.31 bits per heavy atom. The first kappa shape index (κ1) is 17.7. The normalized spacial score (nSPS) is 19.8. The summed E-state index contributed by atoms with van der Waals surface area (Å²) in [5, 5.41) is 13.0. The van der Waals surface area contributed by atoms with E-state index in [0.29, 0.717) is 23.4 Å². The summed E-state index contributed by atoms with van der Waals surface area (Å²) >= 11 is 0. The van der Waals surface area contributed by atoms with Gasteiger partial charge in [0.25, 0.3) is 0 Å². The molecule has 1 fully saturated rings. The first-order valence-corrected chi connectivity index (χ1v) is 8.52. The van der Waals surface area contributed by atoms with Gasteiger partial charge in [-0.1, -0.05) is 0 Å². The number of amides is 1. The Balaban J connectivity index is 1.88. The molecule has 26 heavy (non-hydrogen) atoms. The van der Waals surface area contributed by atoms with E-state index in [-0.39, 0.29) is 24.4 Å². The molecule has 1 amide bonds. The van der Waals surface area contributed by atoms with Gasteiger partial charge in [-0.15, -0.1) is 0 Å².